The molecule has 0 saturated carbocycles. The summed E-state index contributed by atoms with van der Waals surface area (Å²) >= 11 is 0. The molecule has 1 atom stereocenters. The van der Waals surface area contributed by atoms with E-state index in [4.69, 9.17) is 4.74 Å². The summed E-state index contributed by atoms with van der Waals surface area (Å²) in [6.07, 6.45) is 2.67. The molecule has 5 rings (SSSR count). The van der Waals surface area contributed by atoms with E-state index in [-0.39, 0.29) is 24.3 Å². The number of piperazine rings is 1. The van der Waals surface area contributed by atoms with Gasteiger partial charge in [-0.25, -0.2) is 18.2 Å². The maximum atomic E-state index is 13.8. The van der Waals surface area contributed by atoms with Crippen molar-refractivity contribution in [2.75, 3.05) is 59.2 Å². The highest BCUT2D eigenvalue weighted by molar-refractivity contribution is 7.92. The van der Waals surface area contributed by atoms with Crippen molar-refractivity contribution in [3.05, 3.63) is 47.2 Å². The molecule has 0 aliphatic carbocycles. The topological polar surface area (TPSA) is 103 Å². The van der Waals surface area contributed by atoms with Gasteiger partial charge in [-0.3, -0.25) is 14.0 Å². The molecule has 1 unspecified atom stereocenters. The molecular weight excluding hydrogens is 494 g/mol. The van der Waals surface area contributed by atoms with Crippen LogP contribution >= 0.6 is 0 Å². The molecule has 0 bridgehead atoms. The first kappa shape index (κ1) is 25.3. The van der Waals surface area contributed by atoms with Crippen molar-refractivity contribution in [1.82, 2.24) is 9.88 Å². The number of amides is 2. The number of sulfonamides is 1. The Morgan fingerprint density at radius 2 is 1.81 bits per heavy atom. The van der Waals surface area contributed by atoms with E-state index in [2.05, 4.69) is 16.0 Å². The molecule has 3 fully saturated rings. The van der Waals surface area contributed by atoms with E-state index >= 15 is 0 Å². The Morgan fingerprint density at radius 1 is 1.05 bits per heavy atom. The number of aryl methyl sites for hydroxylation is 2. The monoisotopic (exact) mass is 527 g/mol. The summed E-state index contributed by atoms with van der Waals surface area (Å²) in [6.45, 7) is 8.74. The Kier molecular flexibility index (Phi) is 6.74. The Labute approximate surface area is 217 Å². The molecule has 1 aromatic carbocycles. The number of hydrogen-bond acceptors (Lipinski definition) is 7. The number of nitrogens with zero attached hydrogens (tertiary/aromatic N) is 5. The lowest BCUT2D eigenvalue weighted by atomic mass is 10.1. The van der Waals surface area contributed by atoms with Gasteiger partial charge < -0.3 is 14.5 Å². The van der Waals surface area contributed by atoms with E-state index in [1.165, 1.54) is 9.21 Å². The third-order valence-corrected chi connectivity index (χ3v) is 9.10. The highest BCUT2D eigenvalue weighted by atomic mass is 32.2. The zero-order valence-corrected chi connectivity index (χ0v) is 22.3. The number of aromatic nitrogens is 1. The first-order chi connectivity index (χ1) is 17.7. The van der Waals surface area contributed by atoms with Crippen molar-refractivity contribution >= 4 is 39.2 Å². The van der Waals surface area contributed by atoms with Crippen molar-refractivity contribution in [2.24, 2.45) is 0 Å². The number of carbonyl (C=O) groups is 2. The first-order valence-electron chi connectivity index (χ1n) is 12.7. The minimum Gasteiger partial charge on any atom is -0.447 e. The van der Waals surface area contributed by atoms with Gasteiger partial charge in [0.2, 0.25) is 10.0 Å². The van der Waals surface area contributed by atoms with Gasteiger partial charge in [0, 0.05) is 44.6 Å². The molecule has 0 N–H and O–H groups in total. The minimum atomic E-state index is -3.57. The Balaban J connectivity index is 1.43. The van der Waals surface area contributed by atoms with Crippen LogP contribution in [0.1, 0.15) is 41.3 Å². The first-order valence-corrected chi connectivity index (χ1v) is 14.3. The lowest BCUT2D eigenvalue weighted by molar-refractivity contribution is 0.0747. The van der Waals surface area contributed by atoms with E-state index in [0.717, 1.165) is 16.9 Å². The van der Waals surface area contributed by atoms with E-state index < -0.39 is 16.1 Å². The van der Waals surface area contributed by atoms with Crippen LogP contribution in [0, 0.1) is 13.8 Å². The van der Waals surface area contributed by atoms with Crippen molar-refractivity contribution in [3.8, 4) is 0 Å². The Bertz CT molecular complexity index is 1320. The molecule has 198 valence electrons. The molecule has 1 aromatic heterocycles. The fourth-order valence-corrected chi connectivity index (χ4v) is 6.97. The number of hydrogen-bond donors (Lipinski definition) is 0. The van der Waals surface area contributed by atoms with E-state index in [1.54, 1.807) is 23.1 Å². The summed E-state index contributed by atoms with van der Waals surface area (Å²) in [5.74, 6) is 0.746. The number of ether oxygens (including phenoxy) is 1. The average Bonchev–Trinajstić information content (AvgIpc) is 3.21. The summed E-state index contributed by atoms with van der Waals surface area (Å²) in [4.78, 5) is 36.1. The summed E-state index contributed by atoms with van der Waals surface area (Å²) in [5, 5.41) is 0. The summed E-state index contributed by atoms with van der Waals surface area (Å²) < 4.78 is 32.6. The standard InChI is InChI=1S/C26H33N5O5S/c1-18-14-19(2)24(27-16-18)28-9-11-29(12-10-28)25(32)22-7-6-21(31-20(3)17-36-26(31)33)15-23(22)30-8-4-5-13-37(30,34)35/h6-7,14-16,20H,4-5,8-13,17H2,1-3H3. The SMILES string of the molecule is Cc1cnc(N2CCN(C(=O)c3ccc(N4C(=O)OCC4C)cc3N3CCCCS3(=O)=O)CC2)c(C)c1. The van der Waals surface area contributed by atoms with E-state index in [9.17, 15) is 18.0 Å². The predicted octanol–water partition coefficient (Wildman–Crippen LogP) is 2.94. The second-order valence-electron chi connectivity index (χ2n) is 10.0. The third-order valence-electron chi connectivity index (χ3n) is 7.25. The van der Waals surface area contributed by atoms with Gasteiger partial charge in [0.1, 0.15) is 12.4 Å². The van der Waals surface area contributed by atoms with E-state index in [1.807, 2.05) is 27.0 Å². The number of rotatable bonds is 4. The van der Waals surface area contributed by atoms with Crippen molar-refractivity contribution < 1.29 is 22.7 Å². The molecule has 2 amide bonds. The van der Waals surface area contributed by atoms with Crippen LogP contribution in [-0.4, -0.2) is 81.4 Å². The second-order valence-corrected chi connectivity index (χ2v) is 12.0. The molecule has 0 spiro atoms. The number of benzene rings is 1. The van der Waals surface area contributed by atoms with Crippen molar-refractivity contribution in [3.63, 3.8) is 0 Å². The van der Waals surface area contributed by atoms with Crippen molar-refractivity contribution in [2.45, 2.75) is 39.7 Å². The summed E-state index contributed by atoms with van der Waals surface area (Å²) in [5.41, 5.74) is 3.38. The van der Waals surface area contributed by atoms with Gasteiger partial charge in [0.25, 0.3) is 5.91 Å². The van der Waals surface area contributed by atoms with Gasteiger partial charge in [-0.05, 0) is 62.9 Å². The van der Waals surface area contributed by atoms with Gasteiger partial charge in [0.15, 0.2) is 0 Å². The van der Waals surface area contributed by atoms with Gasteiger partial charge in [-0.2, -0.15) is 0 Å². The van der Waals surface area contributed by atoms with Gasteiger partial charge in [-0.1, -0.05) is 6.07 Å². The lowest BCUT2D eigenvalue weighted by Gasteiger charge is -2.37. The lowest BCUT2D eigenvalue weighted by Crippen LogP contribution is -2.49. The highest BCUT2D eigenvalue weighted by Gasteiger charge is 2.35. The third kappa shape index (κ3) is 4.84. The molecule has 3 aliphatic heterocycles. The molecule has 3 saturated heterocycles. The molecule has 37 heavy (non-hydrogen) atoms. The van der Waals surface area contributed by atoms with Crippen LogP contribution < -0.4 is 14.1 Å². The quantitative estimate of drug-likeness (QED) is 0.602. The average molecular weight is 528 g/mol. The van der Waals surface area contributed by atoms with Gasteiger partial charge in [-0.15, -0.1) is 0 Å². The van der Waals surface area contributed by atoms with Crippen LogP contribution in [0.5, 0.6) is 0 Å². The molecule has 0 radical (unpaired) electrons. The van der Waals surface area contributed by atoms with Gasteiger partial charge >= 0.3 is 6.09 Å². The van der Waals surface area contributed by atoms with Crippen LogP contribution in [0.25, 0.3) is 0 Å². The Hall–Kier alpha value is -3.34. The molecule has 3 aliphatic rings. The van der Waals surface area contributed by atoms with Crippen LogP contribution in [-0.2, 0) is 14.8 Å². The molecule has 10 nitrogen and oxygen atoms in total. The smallest absolute Gasteiger partial charge is 0.414 e. The van der Waals surface area contributed by atoms with Crippen LogP contribution in [0.15, 0.2) is 30.5 Å². The number of cyclic esters (lactones) is 1. The summed E-state index contributed by atoms with van der Waals surface area (Å²) in [7, 11) is -3.57. The summed E-state index contributed by atoms with van der Waals surface area (Å²) in [6, 6.07) is 6.91. The maximum absolute atomic E-state index is 13.8. The van der Waals surface area contributed by atoms with E-state index in [0.29, 0.717) is 62.5 Å². The Morgan fingerprint density at radius 3 is 2.46 bits per heavy atom. The molecule has 11 heteroatoms. The molecular formula is C26H33N5O5S. The second kappa shape index (κ2) is 9.85. The van der Waals surface area contributed by atoms with Crippen molar-refractivity contribution in [1.29, 1.82) is 0 Å². The predicted molar refractivity (Wildman–Crippen MR) is 142 cm³/mol. The van der Waals surface area contributed by atoms with Crippen LogP contribution in [0.4, 0.5) is 22.0 Å². The van der Waals surface area contributed by atoms with Gasteiger partial charge in [0.05, 0.1) is 23.0 Å². The highest BCUT2D eigenvalue weighted by Crippen LogP contribution is 2.34. The zero-order valence-electron chi connectivity index (χ0n) is 21.5. The maximum Gasteiger partial charge on any atom is 0.414 e. The number of anilines is 3. The number of carbonyl (C=O) groups excluding carboxylic acids is 2. The largest absolute Gasteiger partial charge is 0.447 e. The molecule has 4 heterocycles. The molecule has 2 aromatic rings. The zero-order chi connectivity index (χ0) is 26.3. The van der Waals surface area contributed by atoms with Crippen LogP contribution in [0.2, 0.25) is 0 Å². The van der Waals surface area contributed by atoms with Crippen LogP contribution in [0.3, 0.4) is 0 Å². The fraction of sp³-hybridized carbons (Fsp3) is 0.500. The fourth-order valence-electron chi connectivity index (χ4n) is 5.32. The number of pyridine rings is 1. The minimum absolute atomic E-state index is 0.0363. The normalized spacial score (nSPS) is 21.8.